The molecule has 0 bridgehead atoms. The minimum absolute atomic E-state index is 0.645. The number of rotatable bonds is 2. The van der Waals surface area contributed by atoms with Gasteiger partial charge in [0, 0.05) is 25.5 Å². The van der Waals surface area contributed by atoms with Crippen LogP contribution in [0.2, 0.25) is 0 Å². The van der Waals surface area contributed by atoms with Crippen molar-refractivity contribution in [3.05, 3.63) is 41.3 Å². The highest BCUT2D eigenvalue weighted by molar-refractivity contribution is 7.71. The van der Waals surface area contributed by atoms with E-state index in [4.69, 9.17) is 12.2 Å². The Morgan fingerprint density at radius 3 is 2.83 bits per heavy atom. The second kappa shape index (κ2) is 4.19. The highest BCUT2D eigenvalue weighted by atomic mass is 32.1. The molecule has 7 heteroatoms. The molecule has 3 aromatic heterocycles. The van der Waals surface area contributed by atoms with Gasteiger partial charge in [0.1, 0.15) is 4.64 Å². The van der Waals surface area contributed by atoms with E-state index in [1.165, 1.54) is 0 Å². The summed E-state index contributed by atoms with van der Waals surface area (Å²) in [5.74, 6) is 0.663. The molecule has 0 aliphatic rings. The number of aryl methyl sites for hydroxylation is 1. The van der Waals surface area contributed by atoms with E-state index in [2.05, 4.69) is 20.4 Å². The monoisotopic (exact) mass is 258 g/mol. The summed E-state index contributed by atoms with van der Waals surface area (Å²) in [6, 6.07) is 7.45. The molecule has 3 rings (SSSR count). The van der Waals surface area contributed by atoms with Crippen molar-refractivity contribution >= 4 is 12.2 Å². The van der Waals surface area contributed by atoms with Gasteiger partial charge in [0.2, 0.25) is 0 Å². The predicted octanol–water partition coefficient (Wildman–Crippen LogP) is 1.73. The second-order valence-electron chi connectivity index (χ2n) is 3.77. The van der Waals surface area contributed by atoms with Crippen LogP contribution in [0, 0.1) is 4.64 Å². The number of nitrogens with one attached hydrogen (secondary N) is 1. The van der Waals surface area contributed by atoms with E-state index in [1.54, 1.807) is 21.8 Å². The average molecular weight is 258 g/mol. The van der Waals surface area contributed by atoms with Crippen LogP contribution >= 0.6 is 12.2 Å². The number of hydrogen-bond acceptors (Lipinski definition) is 4. The zero-order chi connectivity index (χ0) is 12.5. The molecule has 0 aromatic carbocycles. The molecular formula is C11H10N6S. The first kappa shape index (κ1) is 10.8. The van der Waals surface area contributed by atoms with Crippen LogP contribution in [-0.4, -0.2) is 29.8 Å². The third kappa shape index (κ3) is 1.74. The maximum atomic E-state index is 5.31. The predicted molar refractivity (Wildman–Crippen MR) is 68.7 cm³/mol. The first-order chi connectivity index (χ1) is 8.75. The van der Waals surface area contributed by atoms with E-state index >= 15 is 0 Å². The Balaban J connectivity index is 2.13. The zero-order valence-corrected chi connectivity index (χ0v) is 10.4. The van der Waals surface area contributed by atoms with Crippen molar-refractivity contribution in [2.24, 2.45) is 7.05 Å². The lowest BCUT2D eigenvalue weighted by Gasteiger charge is -2.01. The van der Waals surface area contributed by atoms with Crippen LogP contribution < -0.4 is 0 Å². The number of nitrogens with zero attached hydrogens (tertiary/aromatic N) is 5. The molecule has 1 N–H and O–H groups in total. The molecule has 0 fully saturated rings. The molecule has 0 atom stereocenters. The van der Waals surface area contributed by atoms with Crippen molar-refractivity contribution in [3.63, 3.8) is 0 Å². The molecule has 0 aliphatic carbocycles. The van der Waals surface area contributed by atoms with E-state index in [-0.39, 0.29) is 0 Å². The first-order valence-corrected chi connectivity index (χ1v) is 5.75. The lowest BCUT2D eigenvalue weighted by Crippen LogP contribution is -2.01. The highest BCUT2D eigenvalue weighted by Gasteiger charge is 2.08. The Morgan fingerprint density at radius 1 is 1.28 bits per heavy atom. The molecule has 0 saturated carbocycles. The minimum Gasteiger partial charge on any atom is -0.289 e. The van der Waals surface area contributed by atoms with Gasteiger partial charge in [-0.05, 0) is 18.2 Å². The van der Waals surface area contributed by atoms with Gasteiger partial charge in [-0.2, -0.15) is 10.2 Å². The normalized spacial score (nSPS) is 10.7. The number of H-pyrrole nitrogens is 1. The fourth-order valence-corrected chi connectivity index (χ4v) is 2.01. The third-order valence-electron chi connectivity index (χ3n) is 2.60. The quantitative estimate of drug-likeness (QED) is 0.711. The fraction of sp³-hybridized carbons (Fsp3) is 0.0909. The summed E-state index contributed by atoms with van der Waals surface area (Å²) >= 11 is 5.31. The average Bonchev–Trinajstić information content (AvgIpc) is 2.96. The van der Waals surface area contributed by atoms with Crippen LogP contribution in [-0.2, 0) is 7.05 Å². The Morgan fingerprint density at radius 2 is 2.17 bits per heavy atom. The lowest BCUT2D eigenvalue weighted by atomic mass is 10.3. The van der Waals surface area contributed by atoms with Gasteiger partial charge in [-0.3, -0.25) is 9.78 Å². The van der Waals surface area contributed by atoms with E-state index in [9.17, 15) is 0 Å². The fourth-order valence-electron chi connectivity index (χ4n) is 1.75. The maximum Gasteiger partial charge on any atom is 0.175 e. The van der Waals surface area contributed by atoms with Crippen molar-refractivity contribution < 1.29 is 0 Å². The van der Waals surface area contributed by atoms with Crippen LogP contribution in [0.15, 0.2) is 36.7 Å². The molecule has 0 spiro atoms. The van der Waals surface area contributed by atoms with Crippen LogP contribution in [0.5, 0.6) is 0 Å². The van der Waals surface area contributed by atoms with Gasteiger partial charge in [-0.25, -0.2) is 4.68 Å². The number of aromatic amines is 1. The topological polar surface area (TPSA) is 64.3 Å². The molecule has 3 aromatic rings. The van der Waals surface area contributed by atoms with E-state index in [0.717, 1.165) is 11.4 Å². The zero-order valence-electron chi connectivity index (χ0n) is 9.61. The van der Waals surface area contributed by atoms with Crippen LogP contribution in [0.3, 0.4) is 0 Å². The Kier molecular flexibility index (Phi) is 2.52. The molecular weight excluding hydrogens is 248 g/mol. The maximum absolute atomic E-state index is 5.31. The first-order valence-electron chi connectivity index (χ1n) is 5.34. The molecule has 0 unspecified atom stereocenters. The van der Waals surface area contributed by atoms with E-state index in [0.29, 0.717) is 10.5 Å². The van der Waals surface area contributed by atoms with Gasteiger partial charge >= 0.3 is 0 Å². The van der Waals surface area contributed by atoms with Gasteiger partial charge in [0.05, 0.1) is 11.4 Å². The van der Waals surface area contributed by atoms with Crippen LogP contribution in [0.1, 0.15) is 0 Å². The second-order valence-corrected chi connectivity index (χ2v) is 4.18. The van der Waals surface area contributed by atoms with Gasteiger partial charge in [0.25, 0.3) is 0 Å². The molecule has 0 radical (unpaired) electrons. The molecule has 0 amide bonds. The van der Waals surface area contributed by atoms with Gasteiger partial charge in [0.15, 0.2) is 5.82 Å². The van der Waals surface area contributed by atoms with Gasteiger partial charge in [-0.1, -0.05) is 12.2 Å². The largest absolute Gasteiger partial charge is 0.289 e. The van der Waals surface area contributed by atoms with Crippen molar-refractivity contribution in [2.45, 2.75) is 0 Å². The van der Waals surface area contributed by atoms with Crippen LogP contribution in [0.4, 0.5) is 0 Å². The lowest BCUT2D eigenvalue weighted by molar-refractivity contribution is 0.764. The third-order valence-corrected chi connectivity index (χ3v) is 2.91. The number of aromatic nitrogens is 6. The summed E-state index contributed by atoms with van der Waals surface area (Å²) in [5.41, 5.74) is 1.86. The molecule has 3 heterocycles. The van der Waals surface area contributed by atoms with Crippen molar-refractivity contribution in [3.8, 4) is 17.2 Å². The summed E-state index contributed by atoms with van der Waals surface area (Å²) in [6.45, 7) is 0. The minimum atomic E-state index is 0.645. The summed E-state index contributed by atoms with van der Waals surface area (Å²) in [7, 11) is 1.88. The summed E-state index contributed by atoms with van der Waals surface area (Å²) in [4.78, 5) is 0. The van der Waals surface area contributed by atoms with Gasteiger partial charge in [-0.15, -0.1) is 5.10 Å². The Labute approximate surface area is 108 Å². The summed E-state index contributed by atoms with van der Waals surface area (Å²) in [6.07, 6.45) is 3.37. The summed E-state index contributed by atoms with van der Waals surface area (Å²) < 4.78 is 4.14. The SMILES string of the molecule is Cn1nccc1-c1cc(=S)n(-c2cccnn2)[nH]1. The van der Waals surface area contributed by atoms with E-state index < -0.39 is 0 Å². The Bertz CT molecular complexity index is 723. The highest BCUT2D eigenvalue weighted by Crippen LogP contribution is 2.17. The molecule has 0 saturated heterocycles. The van der Waals surface area contributed by atoms with Gasteiger partial charge < -0.3 is 0 Å². The molecule has 90 valence electrons. The van der Waals surface area contributed by atoms with Crippen molar-refractivity contribution in [2.75, 3.05) is 0 Å². The Hall–Kier alpha value is -2.28. The molecule has 6 nitrogen and oxygen atoms in total. The van der Waals surface area contributed by atoms with Crippen molar-refractivity contribution in [1.29, 1.82) is 0 Å². The molecule has 18 heavy (non-hydrogen) atoms. The van der Waals surface area contributed by atoms with Crippen LogP contribution in [0.25, 0.3) is 17.2 Å². The smallest absolute Gasteiger partial charge is 0.175 e. The summed E-state index contributed by atoms with van der Waals surface area (Å²) in [5, 5.41) is 15.2. The standard InChI is InChI=1S/C11H10N6S/c1-16-9(4-6-13-16)8-7-11(18)17(15-8)10-3-2-5-12-14-10/h2-7,15H,1H3. The van der Waals surface area contributed by atoms with Crippen molar-refractivity contribution in [1.82, 2.24) is 29.8 Å². The number of hydrogen-bond donors (Lipinski definition) is 1. The van der Waals surface area contributed by atoms with E-state index in [1.807, 2.05) is 31.3 Å². The molecule has 0 aliphatic heterocycles.